The zero-order chi connectivity index (χ0) is 15.7. The van der Waals surface area contributed by atoms with Crippen LogP contribution in [0, 0.1) is 13.8 Å². The molecule has 0 fully saturated rings. The van der Waals surface area contributed by atoms with Gasteiger partial charge in [-0.15, -0.1) is 0 Å². The van der Waals surface area contributed by atoms with Crippen LogP contribution in [0.1, 0.15) is 36.5 Å². The highest BCUT2D eigenvalue weighted by Crippen LogP contribution is 2.31. The lowest BCUT2D eigenvalue weighted by Crippen LogP contribution is -2.05. The molecule has 0 aliphatic carbocycles. The van der Waals surface area contributed by atoms with Crippen LogP contribution in [0.4, 0.5) is 0 Å². The molecular weight excluding hydrogens is 268 g/mol. The second-order valence-corrected chi connectivity index (χ2v) is 6.16. The van der Waals surface area contributed by atoms with E-state index in [1.165, 1.54) is 22.4 Å². The van der Waals surface area contributed by atoms with Crippen molar-refractivity contribution in [3.8, 4) is 17.1 Å². The zero-order valence-electron chi connectivity index (χ0n) is 13.7. The van der Waals surface area contributed by atoms with E-state index in [4.69, 9.17) is 0 Å². The Balaban J connectivity index is 2.24. The van der Waals surface area contributed by atoms with Gasteiger partial charge >= 0.3 is 0 Å². The molecular formula is C20H22N2. The summed E-state index contributed by atoms with van der Waals surface area (Å²) in [5, 5.41) is 0. The molecule has 0 spiro atoms. The van der Waals surface area contributed by atoms with Crippen LogP contribution in [-0.4, -0.2) is 9.55 Å². The lowest BCUT2D eigenvalue weighted by molar-refractivity contribution is 0.841. The summed E-state index contributed by atoms with van der Waals surface area (Å²) in [6.07, 6.45) is 3.94. The van der Waals surface area contributed by atoms with Gasteiger partial charge in [0.1, 0.15) is 5.82 Å². The summed E-state index contributed by atoms with van der Waals surface area (Å²) in [6, 6.07) is 14.9. The van der Waals surface area contributed by atoms with E-state index in [0.717, 1.165) is 11.4 Å². The molecule has 2 aromatic carbocycles. The largest absolute Gasteiger partial charge is 0.299 e. The van der Waals surface area contributed by atoms with Crippen molar-refractivity contribution in [2.45, 2.75) is 33.6 Å². The molecule has 0 aliphatic rings. The second-order valence-electron chi connectivity index (χ2n) is 6.16. The maximum Gasteiger partial charge on any atom is 0.144 e. The van der Waals surface area contributed by atoms with E-state index in [-0.39, 0.29) is 0 Å². The van der Waals surface area contributed by atoms with E-state index < -0.39 is 0 Å². The van der Waals surface area contributed by atoms with Crippen molar-refractivity contribution in [2.75, 3.05) is 0 Å². The fourth-order valence-corrected chi connectivity index (χ4v) is 3.05. The molecule has 0 N–H and O–H groups in total. The van der Waals surface area contributed by atoms with Gasteiger partial charge in [0.15, 0.2) is 0 Å². The molecule has 2 heteroatoms. The average Bonchev–Trinajstić information content (AvgIpc) is 2.96. The highest BCUT2D eigenvalue weighted by atomic mass is 15.1. The van der Waals surface area contributed by atoms with Crippen LogP contribution in [0.3, 0.4) is 0 Å². The number of aromatic nitrogens is 2. The Morgan fingerprint density at radius 1 is 1.00 bits per heavy atom. The van der Waals surface area contributed by atoms with Crippen molar-refractivity contribution in [3.63, 3.8) is 0 Å². The molecule has 1 heterocycles. The number of benzene rings is 2. The zero-order valence-corrected chi connectivity index (χ0v) is 13.7. The normalized spacial score (nSPS) is 11.1. The molecule has 0 amide bonds. The number of aryl methyl sites for hydroxylation is 2. The quantitative estimate of drug-likeness (QED) is 0.641. The first-order valence-electron chi connectivity index (χ1n) is 7.78. The fourth-order valence-electron chi connectivity index (χ4n) is 3.05. The predicted molar refractivity (Wildman–Crippen MR) is 92.6 cm³/mol. The third kappa shape index (κ3) is 2.57. The summed E-state index contributed by atoms with van der Waals surface area (Å²) in [6.45, 7) is 8.84. The van der Waals surface area contributed by atoms with Crippen LogP contribution in [0.5, 0.6) is 0 Å². The summed E-state index contributed by atoms with van der Waals surface area (Å²) in [4.78, 5) is 4.59. The standard InChI is InChI=1S/C20H22N2/c1-14(2)18-13-15(3)12-16(4)19(18)22-11-10-21-20(22)17-8-6-5-7-9-17/h5-14H,1-4H3. The van der Waals surface area contributed by atoms with Crippen LogP contribution in [0.2, 0.25) is 0 Å². The smallest absolute Gasteiger partial charge is 0.144 e. The maximum atomic E-state index is 4.59. The molecule has 3 rings (SSSR count). The van der Waals surface area contributed by atoms with Crippen LogP contribution in [0.15, 0.2) is 54.9 Å². The van der Waals surface area contributed by atoms with Gasteiger partial charge in [0.05, 0.1) is 5.69 Å². The molecule has 0 radical (unpaired) electrons. The lowest BCUT2D eigenvalue weighted by Gasteiger charge is -2.19. The van der Waals surface area contributed by atoms with Gasteiger partial charge in [0.25, 0.3) is 0 Å². The SMILES string of the molecule is Cc1cc(C)c(-n2ccnc2-c2ccccc2)c(C(C)C)c1. The second kappa shape index (κ2) is 5.80. The van der Waals surface area contributed by atoms with E-state index in [1.807, 2.05) is 12.3 Å². The number of rotatable bonds is 3. The minimum atomic E-state index is 0.472. The molecule has 0 bridgehead atoms. The van der Waals surface area contributed by atoms with E-state index in [1.54, 1.807) is 0 Å². The summed E-state index contributed by atoms with van der Waals surface area (Å²) in [7, 11) is 0. The number of nitrogens with zero attached hydrogens (tertiary/aromatic N) is 2. The van der Waals surface area contributed by atoms with Crippen molar-refractivity contribution < 1.29 is 0 Å². The lowest BCUT2D eigenvalue weighted by atomic mass is 9.95. The Morgan fingerprint density at radius 2 is 1.73 bits per heavy atom. The van der Waals surface area contributed by atoms with Crippen LogP contribution >= 0.6 is 0 Å². The monoisotopic (exact) mass is 290 g/mol. The van der Waals surface area contributed by atoms with E-state index in [2.05, 4.69) is 79.8 Å². The van der Waals surface area contributed by atoms with Crippen LogP contribution < -0.4 is 0 Å². The number of imidazole rings is 1. The van der Waals surface area contributed by atoms with Crippen molar-refractivity contribution >= 4 is 0 Å². The van der Waals surface area contributed by atoms with Gasteiger partial charge in [-0.25, -0.2) is 4.98 Å². The molecule has 0 saturated heterocycles. The molecule has 22 heavy (non-hydrogen) atoms. The summed E-state index contributed by atoms with van der Waals surface area (Å²) in [5.41, 5.74) is 6.37. The van der Waals surface area contributed by atoms with Crippen molar-refractivity contribution in [3.05, 3.63) is 71.5 Å². The number of hydrogen-bond donors (Lipinski definition) is 0. The summed E-state index contributed by atoms with van der Waals surface area (Å²) < 4.78 is 2.22. The Hall–Kier alpha value is -2.35. The average molecular weight is 290 g/mol. The summed E-state index contributed by atoms with van der Waals surface area (Å²) >= 11 is 0. The third-order valence-corrected chi connectivity index (χ3v) is 4.01. The van der Waals surface area contributed by atoms with Gasteiger partial charge < -0.3 is 0 Å². The van der Waals surface area contributed by atoms with Gasteiger partial charge in [0, 0.05) is 18.0 Å². The van der Waals surface area contributed by atoms with Crippen molar-refractivity contribution in [1.82, 2.24) is 9.55 Å². The van der Waals surface area contributed by atoms with Gasteiger partial charge in [-0.3, -0.25) is 4.57 Å². The molecule has 3 aromatic rings. The van der Waals surface area contributed by atoms with Gasteiger partial charge in [-0.1, -0.05) is 61.9 Å². The highest BCUT2D eigenvalue weighted by Gasteiger charge is 2.15. The first-order chi connectivity index (χ1) is 10.6. The van der Waals surface area contributed by atoms with Gasteiger partial charge in [-0.2, -0.15) is 0 Å². The molecule has 0 atom stereocenters. The van der Waals surface area contributed by atoms with Crippen LogP contribution in [-0.2, 0) is 0 Å². The third-order valence-electron chi connectivity index (χ3n) is 4.01. The number of hydrogen-bond acceptors (Lipinski definition) is 1. The Bertz CT molecular complexity index is 783. The first-order valence-corrected chi connectivity index (χ1v) is 7.78. The topological polar surface area (TPSA) is 17.8 Å². The minimum Gasteiger partial charge on any atom is -0.299 e. The Labute approximate surface area is 132 Å². The van der Waals surface area contributed by atoms with E-state index in [9.17, 15) is 0 Å². The van der Waals surface area contributed by atoms with Gasteiger partial charge in [0.2, 0.25) is 0 Å². The molecule has 112 valence electrons. The Morgan fingerprint density at radius 3 is 2.41 bits per heavy atom. The molecule has 0 aliphatic heterocycles. The predicted octanol–water partition coefficient (Wildman–Crippen LogP) is 5.28. The molecule has 0 unspecified atom stereocenters. The van der Waals surface area contributed by atoms with Crippen molar-refractivity contribution in [1.29, 1.82) is 0 Å². The fraction of sp³-hybridized carbons (Fsp3) is 0.250. The molecule has 0 saturated carbocycles. The van der Waals surface area contributed by atoms with E-state index in [0.29, 0.717) is 5.92 Å². The molecule has 2 nitrogen and oxygen atoms in total. The Kier molecular flexibility index (Phi) is 3.84. The van der Waals surface area contributed by atoms with Crippen molar-refractivity contribution in [2.24, 2.45) is 0 Å². The maximum absolute atomic E-state index is 4.59. The van der Waals surface area contributed by atoms with Crippen LogP contribution in [0.25, 0.3) is 17.1 Å². The van der Waals surface area contributed by atoms with Gasteiger partial charge in [-0.05, 0) is 30.9 Å². The summed E-state index contributed by atoms with van der Waals surface area (Å²) in [5.74, 6) is 1.47. The van der Waals surface area contributed by atoms with E-state index >= 15 is 0 Å². The highest BCUT2D eigenvalue weighted by molar-refractivity contribution is 5.62. The first kappa shape index (κ1) is 14.6. The molecule has 1 aromatic heterocycles. The minimum absolute atomic E-state index is 0.472.